The van der Waals surface area contributed by atoms with Crippen molar-refractivity contribution in [1.82, 2.24) is 20.0 Å². The molecule has 2 heterocycles. The molecule has 0 atom stereocenters. The second-order valence-corrected chi connectivity index (χ2v) is 6.76. The number of fused-ring (bicyclic) bond motifs is 1. The highest BCUT2D eigenvalue weighted by Crippen LogP contribution is 2.22. The van der Waals surface area contributed by atoms with E-state index < -0.39 is 36.8 Å². The largest absolute Gasteiger partial charge is 0.454 e. The predicted octanol–water partition coefficient (Wildman–Crippen LogP) is 0.846. The zero-order valence-corrected chi connectivity index (χ0v) is 16.3. The Labute approximate surface area is 167 Å². The summed E-state index contributed by atoms with van der Waals surface area (Å²) < 4.78 is 6.75. The number of hydrogen-bond acceptors (Lipinski definition) is 6. The van der Waals surface area contributed by atoms with Crippen LogP contribution < -0.4 is 5.32 Å². The average Bonchev–Trinajstić information content (AvgIpc) is 3.14. The minimum absolute atomic E-state index is 0.255. The van der Waals surface area contributed by atoms with E-state index in [2.05, 4.69) is 10.4 Å². The smallest absolute Gasteiger partial charge is 0.326 e. The molecule has 0 aliphatic carbocycles. The van der Waals surface area contributed by atoms with Gasteiger partial charge in [0.2, 0.25) is 0 Å². The molecule has 0 saturated heterocycles. The minimum Gasteiger partial charge on any atom is -0.454 e. The first-order valence-electron chi connectivity index (χ1n) is 9.25. The Morgan fingerprint density at radius 2 is 1.76 bits per heavy atom. The van der Waals surface area contributed by atoms with Crippen LogP contribution in [0.5, 0.6) is 0 Å². The summed E-state index contributed by atoms with van der Waals surface area (Å²) in [5.41, 5.74) is 2.50. The maximum atomic E-state index is 12.2. The summed E-state index contributed by atoms with van der Waals surface area (Å²) in [5, 5.41) is 6.99. The van der Waals surface area contributed by atoms with Gasteiger partial charge in [0.05, 0.1) is 16.8 Å². The SMILES string of the molecule is Cc1cc(C)n(CCCNC(=O)COC(=O)CN2C(=O)c3ccccc3C2=O)n1. The first-order chi connectivity index (χ1) is 13.9. The van der Waals surface area contributed by atoms with Crippen LogP contribution in [0.3, 0.4) is 0 Å². The number of benzene rings is 1. The molecule has 0 unspecified atom stereocenters. The Balaban J connectivity index is 1.37. The highest BCUT2D eigenvalue weighted by atomic mass is 16.5. The van der Waals surface area contributed by atoms with E-state index in [1.165, 1.54) is 12.1 Å². The molecule has 9 nitrogen and oxygen atoms in total. The summed E-state index contributed by atoms with van der Waals surface area (Å²) in [6.07, 6.45) is 0.677. The third-order valence-corrected chi connectivity index (χ3v) is 4.50. The number of ether oxygens (including phenoxy) is 1. The molecule has 1 aliphatic rings. The van der Waals surface area contributed by atoms with E-state index in [0.29, 0.717) is 19.5 Å². The van der Waals surface area contributed by atoms with Gasteiger partial charge in [-0.25, -0.2) is 0 Å². The van der Waals surface area contributed by atoms with E-state index in [9.17, 15) is 19.2 Å². The number of nitrogens with zero attached hydrogens (tertiary/aromatic N) is 3. The van der Waals surface area contributed by atoms with Gasteiger partial charge in [-0.05, 0) is 38.5 Å². The van der Waals surface area contributed by atoms with Crippen molar-refractivity contribution in [3.8, 4) is 0 Å². The molecule has 0 bridgehead atoms. The van der Waals surface area contributed by atoms with Crippen molar-refractivity contribution >= 4 is 23.7 Å². The third kappa shape index (κ3) is 4.68. The van der Waals surface area contributed by atoms with E-state index in [1.807, 2.05) is 24.6 Å². The lowest BCUT2D eigenvalue weighted by molar-refractivity contribution is -0.148. The maximum Gasteiger partial charge on any atom is 0.326 e. The zero-order valence-electron chi connectivity index (χ0n) is 16.3. The second kappa shape index (κ2) is 8.68. The lowest BCUT2D eigenvalue weighted by Crippen LogP contribution is -2.37. The van der Waals surface area contributed by atoms with Gasteiger partial charge < -0.3 is 10.1 Å². The van der Waals surface area contributed by atoms with Crippen molar-refractivity contribution in [3.05, 3.63) is 52.8 Å². The Bertz CT molecular complexity index is 931. The van der Waals surface area contributed by atoms with Crippen LogP contribution >= 0.6 is 0 Å². The van der Waals surface area contributed by atoms with Crippen LogP contribution in [-0.2, 0) is 20.9 Å². The highest BCUT2D eigenvalue weighted by Gasteiger charge is 2.36. The normalized spacial score (nSPS) is 12.8. The summed E-state index contributed by atoms with van der Waals surface area (Å²) in [6.45, 7) is 3.96. The molecule has 1 aliphatic heterocycles. The van der Waals surface area contributed by atoms with Crippen LogP contribution in [0, 0.1) is 13.8 Å². The molecule has 2 aromatic rings. The summed E-state index contributed by atoms with van der Waals surface area (Å²) in [4.78, 5) is 49.0. The van der Waals surface area contributed by atoms with Crippen LogP contribution in [0.25, 0.3) is 0 Å². The van der Waals surface area contributed by atoms with Crippen LogP contribution in [0.1, 0.15) is 38.5 Å². The van der Waals surface area contributed by atoms with Crippen molar-refractivity contribution in [3.63, 3.8) is 0 Å². The summed E-state index contributed by atoms with van der Waals surface area (Å²) >= 11 is 0. The molecule has 0 fully saturated rings. The molecule has 1 N–H and O–H groups in total. The Morgan fingerprint density at radius 3 is 2.34 bits per heavy atom. The number of aromatic nitrogens is 2. The van der Waals surface area contributed by atoms with Gasteiger partial charge >= 0.3 is 5.97 Å². The third-order valence-electron chi connectivity index (χ3n) is 4.50. The van der Waals surface area contributed by atoms with Crippen molar-refractivity contribution in [2.24, 2.45) is 0 Å². The van der Waals surface area contributed by atoms with E-state index in [4.69, 9.17) is 4.74 Å². The van der Waals surface area contributed by atoms with Gasteiger partial charge in [0.15, 0.2) is 6.61 Å². The minimum atomic E-state index is -0.822. The molecule has 9 heteroatoms. The number of hydrogen-bond donors (Lipinski definition) is 1. The maximum absolute atomic E-state index is 12.2. The molecule has 0 saturated carbocycles. The van der Waals surface area contributed by atoms with E-state index in [1.54, 1.807) is 12.1 Å². The fourth-order valence-electron chi connectivity index (χ4n) is 3.11. The molecule has 3 amide bonds. The molecule has 3 rings (SSSR count). The first kappa shape index (κ1) is 20.2. The quantitative estimate of drug-likeness (QED) is 0.401. The molecular weight excluding hydrogens is 376 g/mol. The number of carbonyl (C=O) groups is 4. The van der Waals surface area contributed by atoms with Gasteiger partial charge in [0.1, 0.15) is 6.54 Å². The number of nitrogens with one attached hydrogen (secondary N) is 1. The highest BCUT2D eigenvalue weighted by molar-refractivity contribution is 6.22. The number of imide groups is 1. The topological polar surface area (TPSA) is 111 Å². The fourth-order valence-corrected chi connectivity index (χ4v) is 3.11. The van der Waals surface area contributed by atoms with Crippen LogP contribution in [0.4, 0.5) is 0 Å². The second-order valence-electron chi connectivity index (χ2n) is 6.76. The Kier molecular flexibility index (Phi) is 6.06. The summed E-state index contributed by atoms with van der Waals surface area (Å²) in [5.74, 6) is -2.36. The fraction of sp³-hybridized carbons (Fsp3) is 0.350. The molecule has 152 valence electrons. The predicted molar refractivity (Wildman–Crippen MR) is 102 cm³/mol. The van der Waals surface area contributed by atoms with Crippen molar-refractivity contribution in [1.29, 1.82) is 0 Å². The van der Waals surface area contributed by atoms with Gasteiger partial charge in [-0.3, -0.25) is 28.8 Å². The van der Waals surface area contributed by atoms with E-state index >= 15 is 0 Å². The van der Waals surface area contributed by atoms with Gasteiger partial charge in [-0.15, -0.1) is 0 Å². The Morgan fingerprint density at radius 1 is 1.10 bits per heavy atom. The molecule has 0 radical (unpaired) electrons. The van der Waals surface area contributed by atoms with Gasteiger partial charge in [-0.2, -0.15) is 5.10 Å². The standard InChI is InChI=1S/C20H22N4O5/c1-13-10-14(2)24(22-13)9-5-8-21-17(25)12-29-18(26)11-23-19(27)15-6-3-4-7-16(15)20(23)28/h3-4,6-7,10H,5,8-9,11-12H2,1-2H3,(H,21,25). The van der Waals surface area contributed by atoms with Gasteiger partial charge in [0, 0.05) is 18.8 Å². The Hall–Kier alpha value is -3.49. The van der Waals surface area contributed by atoms with Gasteiger partial charge in [-0.1, -0.05) is 12.1 Å². The van der Waals surface area contributed by atoms with Gasteiger partial charge in [0.25, 0.3) is 17.7 Å². The molecule has 0 spiro atoms. The summed E-state index contributed by atoms with van der Waals surface area (Å²) in [6, 6.07) is 8.32. The summed E-state index contributed by atoms with van der Waals surface area (Å²) in [7, 11) is 0. The monoisotopic (exact) mass is 398 g/mol. The lowest BCUT2D eigenvalue weighted by Gasteiger charge is -2.13. The molecular formula is C20H22N4O5. The number of esters is 1. The number of amides is 3. The lowest BCUT2D eigenvalue weighted by atomic mass is 10.1. The average molecular weight is 398 g/mol. The van der Waals surface area contributed by atoms with E-state index in [-0.39, 0.29) is 11.1 Å². The first-order valence-corrected chi connectivity index (χ1v) is 9.25. The van der Waals surface area contributed by atoms with Crippen LogP contribution in [0.15, 0.2) is 30.3 Å². The van der Waals surface area contributed by atoms with Crippen molar-refractivity contribution in [2.75, 3.05) is 19.7 Å². The molecule has 1 aromatic heterocycles. The zero-order chi connectivity index (χ0) is 21.0. The number of carbonyl (C=O) groups excluding carboxylic acids is 4. The number of rotatable bonds is 8. The van der Waals surface area contributed by atoms with Crippen molar-refractivity contribution in [2.45, 2.75) is 26.8 Å². The molecule has 29 heavy (non-hydrogen) atoms. The van der Waals surface area contributed by atoms with Crippen LogP contribution in [0.2, 0.25) is 0 Å². The molecule has 1 aromatic carbocycles. The van der Waals surface area contributed by atoms with Crippen molar-refractivity contribution < 1.29 is 23.9 Å². The number of aryl methyl sites for hydroxylation is 3. The van der Waals surface area contributed by atoms with Crippen LogP contribution in [-0.4, -0.2) is 58.1 Å². The van der Waals surface area contributed by atoms with E-state index in [0.717, 1.165) is 16.3 Å².